The normalized spacial score (nSPS) is 13.4. The van der Waals surface area contributed by atoms with Crippen LogP contribution in [-0.4, -0.2) is 20.7 Å². The third-order valence-electron chi connectivity index (χ3n) is 4.78. The van der Waals surface area contributed by atoms with E-state index < -0.39 is 0 Å². The second-order valence-electron chi connectivity index (χ2n) is 6.85. The van der Waals surface area contributed by atoms with Gasteiger partial charge in [-0.05, 0) is 44.2 Å². The predicted octanol–water partition coefficient (Wildman–Crippen LogP) is 3.43. The Morgan fingerprint density at radius 1 is 1.24 bits per heavy atom. The van der Waals surface area contributed by atoms with Crippen LogP contribution in [0, 0.1) is 0 Å². The fraction of sp³-hybridized carbons (Fsp3) is 0.350. The number of nitrogens with zero attached hydrogens (tertiary/aromatic N) is 3. The number of aryl methyl sites for hydroxylation is 1. The van der Waals surface area contributed by atoms with E-state index in [9.17, 15) is 4.79 Å². The molecular weight excluding hydrogens is 312 g/mol. The summed E-state index contributed by atoms with van der Waals surface area (Å²) in [5, 5.41) is 8.40. The smallest absolute Gasteiger partial charge is 0.252 e. The molecule has 5 heteroatoms. The van der Waals surface area contributed by atoms with Crippen molar-refractivity contribution in [3.05, 3.63) is 58.9 Å². The van der Waals surface area contributed by atoms with Crippen LogP contribution in [0.5, 0.6) is 0 Å². The van der Waals surface area contributed by atoms with Crippen molar-refractivity contribution in [2.75, 3.05) is 0 Å². The fourth-order valence-corrected chi connectivity index (χ4v) is 3.56. The van der Waals surface area contributed by atoms with E-state index in [1.54, 1.807) is 6.20 Å². The molecule has 0 unspecified atom stereocenters. The minimum Gasteiger partial charge on any atom is -0.348 e. The van der Waals surface area contributed by atoms with Gasteiger partial charge in [-0.25, -0.2) is 9.67 Å². The minimum atomic E-state index is -0.0299. The lowest BCUT2D eigenvalue weighted by Crippen LogP contribution is -2.24. The zero-order chi connectivity index (χ0) is 17.4. The number of aromatic nitrogens is 3. The van der Waals surface area contributed by atoms with Gasteiger partial charge in [0.2, 0.25) is 0 Å². The van der Waals surface area contributed by atoms with Gasteiger partial charge in [-0.15, -0.1) is 0 Å². The highest BCUT2D eigenvalue weighted by molar-refractivity contribution is 6.07. The lowest BCUT2D eigenvalue weighted by Gasteiger charge is -2.12. The summed E-state index contributed by atoms with van der Waals surface area (Å²) in [4.78, 5) is 17.8. The van der Waals surface area contributed by atoms with Crippen LogP contribution in [0.2, 0.25) is 0 Å². The molecule has 2 aromatic heterocycles. The predicted molar refractivity (Wildman–Crippen MR) is 97.6 cm³/mol. The molecule has 0 bridgehead atoms. The first kappa shape index (κ1) is 15.8. The number of nitrogens with one attached hydrogen (secondary N) is 1. The van der Waals surface area contributed by atoms with E-state index in [0.29, 0.717) is 6.54 Å². The highest BCUT2D eigenvalue weighted by Crippen LogP contribution is 2.30. The topological polar surface area (TPSA) is 59.8 Å². The minimum absolute atomic E-state index is 0.0299. The highest BCUT2D eigenvalue weighted by atomic mass is 16.1. The molecule has 1 aliphatic carbocycles. The summed E-state index contributed by atoms with van der Waals surface area (Å²) in [6.45, 7) is 4.68. The molecule has 0 spiro atoms. The van der Waals surface area contributed by atoms with Gasteiger partial charge in [0.1, 0.15) is 0 Å². The molecule has 1 amide bonds. The lowest BCUT2D eigenvalue weighted by molar-refractivity contribution is 0.0951. The number of hydrogen-bond acceptors (Lipinski definition) is 3. The molecule has 0 saturated heterocycles. The van der Waals surface area contributed by atoms with E-state index in [2.05, 4.69) is 24.3 Å². The summed E-state index contributed by atoms with van der Waals surface area (Å²) in [5.41, 5.74) is 4.83. The SMILES string of the molecule is CC(C)n1ncc2c(C(=O)NCc3ccccc3)c3c(nc21)CCC3. The molecule has 5 nitrogen and oxygen atoms in total. The molecule has 2 heterocycles. The summed E-state index contributed by atoms with van der Waals surface area (Å²) < 4.78 is 1.90. The van der Waals surface area contributed by atoms with E-state index in [-0.39, 0.29) is 11.9 Å². The van der Waals surface area contributed by atoms with Crippen molar-refractivity contribution < 1.29 is 4.79 Å². The van der Waals surface area contributed by atoms with Crippen molar-refractivity contribution in [2.45, 2.75) is 45.7 Å². The summed E-state index contributed by atoms with van der Waals surface area (Å²) >= 11 is 0. The number of hydrogen-bond donors (Lipinski definition) is 1. The highest BCUT2D eigenvalue weighted by Gasteiger charge is 2.26. The summed E-state index contributed by atoms with van der Waals surface area (Å²) in [6, 6.07) is 10.2. The first-order chi connectivity index (χ1) is 12.1. The van der Waals surface area contributed by atoms with E-state index in [0.717, 1.165) is 52.7 Å². The van der Waals surface area contributed by atoms with Gasteiger partial charge in [-0.1, -0.05) is 30.3 Å². The van der Waals surface area contributed by atoms with Gasteiger partial charge in [0.05, 0.1) is 17.1 Å². The van der Waals surface area contributed by atoms with Crippen molar-refractivity contribution in [3.8, 4) is 0 Å². The van der Waals surface area contributed by atoms with Crippen LogP contribution in [0.25, 0.3) is 11.0 Å². The first-order valence-electron chi connectivity index (χ1n) is 8.86. The van der Waals surface area contributed by atoms with Gasteiger partial charge in [-0.3, -0.25) is 4.79 Å². The summed E-state index contributed by atoms with van der Waals surface area (Å²) in [7, 11) is 0. The Morgan fingerprint density at radius 2 is 2.04 bits per heavy atom. The third kappa shape index (κ3) is 2.80. The Hall–Kier alpha value is -2.69. The Balaban J connectivity index is 1.74. The van der Waals surface area contributed by atoms with E-state index in [4.69, 9.17) is 4.98 Å². The number of carbonyl (C=O) groups excluding carboxylic acids is 1. The van der Waals surface area contributed by atoms with E-state index in [1.165, 1.54) is 0 Å². The van der Waals surface area contributed by atoms with Crippen molar-refractivity contribution in [2.24, 2.45) is 0 Å². The number of fused-ring (bicyclic) bond motifs is 2. The van der Waals surface area contributed by atoms with Crippen LogP contribution in [0.15, 0.2) is 36.5 Å². The number of rotatable bonds is 4. The first-order valence-corrected chi connectivity index (χ1v) is 8.86. The van der Waals surface area contributed by atoms with Crippen molar-refractivity contribution in [1.82, 2.24) is 20.1 Å². The standard InChI is InChI=1S/C20H22N4O/c1-13(2)24-19-16(12-22-24)18(15-9-6-10-17(15)23-19)20(25)21-11-14-7-4-3-5-8-14/h3-5,7-8,12-13H,6,9-11H2,1-2H3,(H,21,25). The number of amides is 1. The van der Waals surface area contributed by atoms with Gasteiger partial charge in [0, 0.05) is 18.3 Å². The van der Waals surface area contributed by atoms with Gasteiger partial charge >= 0.3 is 0 Å². The lowest BCUT2D eigenvalue weighted by atomic mass is 10.0. The van der Waals surface area contributed by atoms with E-state index >= 15 is 0 Å². The monoisotopic (exact) mass is 334 g/mol. The van der Waals surface area contributed by atoms with Gasteiger partial charge in [0.15, 0.2) is 5.65 Å². The van der Waals surface area contributed by atoms with Crippen LogP contribution in [-0.2, 0) is 19.4 Å². The molecule has 1 aliphatic rings. The van der Waals surface area contributed by atoms with Crippen molar-refractivity contribution >= 4 is 16.9 Å². The van der Waals surface area contributed by atoms with Gasteiger partial charge < -0.3 is 5.32 Å². The molecule has 0 atom stereocenters. The van der Waals surface area contributed by atoms with Gasteiger partial charge in [0.25, 0.3) is 5.91 Å². The zero-order valence-electron chi connectivity index (χ0n) is 14.6. The second-order valence-corrected chi connectivity index (χ2v) is 6.85. The van der Waals surface area contributed by atoms with Crippen LogP contribution < -0.4 is 5.32 Å². The Bertz CT molecular complexity index is 928. The number of carbonyl (C=O) groups is 1. The summed E-state index contributed by atoms with van der Waals surface area (Å²) in [5.74, 6) is -0.0299. The number of benzene rings is 1. The van der Waals surface area contributed by atoms with Crippen LogP contribution in [0.4, 0.5) is 0 Å². The van der Waals surface area contributed by atoms with Crippen LogP contribution in [0.1, 0.15) is 53.5 Å². The van der Waals surface area contributed by atoms with Crippen molar-refractivity contribution in [3.63, 3.8) is 0 Å². The van der Waals surface area contributed by atoms with Crippen molar-refractivity contribution in [1.29, 1.82) is 0 Å². The molecular formula is C20H22N4O. The fourth-order valence-electron chi connectivity index (χ4n) is 3.56. The summed E-state index contributed by atoms with van der Waals surface area (Å²) in [6.07, 6.45) is 4.70. The second kappa shape index (κ2) is 6.31. The van der Waals surface area contributed by atoms with Crippen LogP contribution in [0.3, 0.4) is 0 Å². The molecule has 1 aromatic carbocycles. The molecule has 25 heavy (non-hydrogen) atoms. The molecule has 0 fully saturated rings. The Kier molecular flexibility index (Phi) is 3.99. The van der Waals surface area contributed by atoms with Gasteiger partial charge in [-0.2, -0.15) is 5.10 Å². The maximum Gasteiger partial charge on any atom is 0.252 e. The van der Waals surface area contributed by atoms with Crippen LogP contribution >= 0.6 is 0 Å². The quantitative estimate of drug-likeness (QED) is 0.795. The average Bonchev–Trinajstić information content (AvgIpc) is 3.24. The Morgan fingerprint density at radius 3 is 2.80 bits per heavy atom. The molecule has 0 saturated carbocycles. The molecule has 128 valence electrons. The average molecular weight is 334 g/mol. The maximum atomic E-state index is 13.0. The molecule has 3 aromatic rings. The molecule has 0 radical (unpaired) electrons. The Labute approximate surface area is 147 Å². The third-order valence-corrected chi connectivity index (χ3v) is 4.78. The molecule has 4 rings (SSSR count). The molecule has 0 aliphatic heterocycles. The van der Waals surface area contributed by atoms with E-state index in [1.807, 2.05) is 35.0 Å². The largest absolute Gasteiger partial charge is 0.348 e. The zero-order valence-corrected chi connectivity index (χ0v) is 14.6. The number of pyridine rings is 1. The molecule has 1 N–H and O–H groups in total. The maximum absolute atomic E-state index is 13.0.